The van der Waals surface area contributed by atoms with Crippen LogP contribution in [-0.2, 0) is 6.42 Å². The van der Waals surface area contributed by atoms with E-state index in [1.165, 1.54) is 10.8 Å². The van der Waals surface area contributed by atoms with Crippen molar-refractivity contribution in [1.82, 2.24) is 10.2 Å². The van der Waals surface area contributed by atoms with Gasteiger partial charge in [-0.05, 0) is 13.3 Å². The molecule has 0 radical (unpaired) electrons. The van der Waals surface area contributed by atoms with Gasteiger partial charge in [0.15, 0.2) is 0 Å². The number of nitrogens with zero attached hydrogens (tertiary/aromatic N) is 2. The number of rotatable bonds is 4. The monoisotopic (exact) mass is 248 g/mol. The summed E-state index contributed by atoms with van der Waals surface area (Å²) in [7, 11) is 0. The van der Waals surface area contributed by atoms with E-state index in [9.17, 15) is 0 Å². The number of aromatic nitrogens is 2. The van der Waals surface area contributed by atoms with Crippen molar-refractivity contribution in [3.05, 3.63) is 35.7 Å². The van der Waals surface area contributed by atoms with Crippen molar-refractivity contribution in [1.29, 1.82) is 0 Å². The van der Waals surface area contributed by atoms with Crippen molar-refractivity contribution in [2.45, 2.75) is 38.5 Å². The molecule has 0 amide bonds. The summed E-state index contributed by atoms with van der Waals surface area (Å²) in [6.45, 7) is 4.14. The van der Waals surface area contributed by atoms with Gasteiger partial charge < -0.3 is 0 Å². The minimum atomic E-state index is 0.153. The van der Waals surface area contributed by atoms with Gasteiger partial charge in [-0.15, -0.1) is 11.6 Å². The number of hydrogen-bond donors (Lipinski definition) is 0. The van der Waals surface area contributed by atoms with Gasteiger partial charge in [-0.3, -0.25) is 0 Å². The molecule has 0 fully saturated rings. The lowest BCUT2D eigenvalue weighted by atomic mass is 10.0. The molecular weight excluding hydrogens is 232 g/mol. The molecule has 2 rings (SSSR count). The van der Waals surface area contributed by atoms with Crippen LogP contribution in [0.4, 0.5) is 0 Å². The van der Waals surface area contributed by atoms with E-state index in [1.807, 2.05) is 19.1 Å². The van der Waals surface area contributed by atoms with Crippen molar-refractivity contribution >= 4 is 22.4 Å². The van der Waals surface area contributed by atoms with Gasteiger partial charge in [0.2, 0.25) is 0 Å². The topological polar surface area (TPSA) is 25.8 Å². The molecule has 0 saturated heterocycles. The smallest absolute Gasteiger partial charge is 0.0724 e. The van der Waals surface area contributed by atoms with Gasteiger partial charge in [-0.25, -0.2) is 0 Å². The van der Waals surface area contributed by atoms with Crippen LogP contribution in [-0.4, -0.2) is 15.6 Å². The highest BCUT2D eigenvalue weighted by Crippen LogP contribution is 2.21. The molecule has 1 aromatic heterocycles. The zero-order valence-electron chi connectivity index (χ0n) is 10.3. The van der Waals surface area contributed by atoms with Crippen LogP contribution in [0.2, 0.25) is 0 Å². The second-order valence-electron chi connectivity index (χ2n) is 4.37. The van der Waals surface area contributed by atoms with Gasteiger partial charge in [-0.1, -0.05) is 37.6 Å². The van der Waals surface area contributed by atoms with Gasteiger partial charge in [0.05, 0.1) is 11.4 Å². The lowest BCUT2D eigenvalue weighted by molar-refractivity contribution is 0.711. The number of alkyl halides is 1. The zero-order chi connectivity index (χ0) is 12.3. The Labute approximate surface area is 107 Å². The van der Waals surface area contributed by atoms with Gasteiger partial charge in [0.1, 0.15) is 0 Å². The number of fused-ring (bicyclic) bond motifs is 1. The Kier molecular flexibility index (Phi) is 3.95. The second kappa shape index (κ2) is 5.46. The molecule has 0 aliphatic carbocycles. The average molecular weight is 249 g/mol. The van der Waals surface area contributed by atoms with Crippen molar-refractivity contribution in [3.8, 4) is 0 Å². The molecule has 1 heterocycles. The second-order valence-corrected chi connectivity index (χ2v) is 4.98. The Morgan fingerprint density at radius 1 is 1.18 bits per heavy atom. The van der Waals surface area contributed by atoms with Gasteiger partial charge in [0, 0.05) is 22.6 Å². The molecule has 17 heavy (non-hydrogen) atoms. The molecule has 1 atom stereocenters. The van der Waals surface area contributed by atoms with Crippen molar-refractivity contribution in [3.63, 3.8) is 0 Å². The summed E-state index contributed by atoms with van der Waals surface area (Å²) < 4.78 is 0. The van der Waals surface area contributed by atoms with Crippen molar-refractivity contribution in [2.75, 3.05) is 0 Å². The fourth-order valence-electron chi connectivity index (χ4n) is 2.07. The predicted molar refractivity (Wildman–Crippen MR) is 72.5 cm³/mol. The highest BCUT2D eigenvalue weighted by Gasteiger charge is 2.11. The molecule has 0 saturated carbocycles. The molecule has 1 unspecified atom stereocenters. The van der Waals surface area contributed by atoms with E-state index in [0.717, 1.165) is 30.7 Å². The third-order valence-corrected chi connectivity index (χ3v) is 3.34. The van der Waals surface area contributed by atoms with E-state index in [4.69, 9.17) is 11.6 Å². The maximum Gasteiger partial charge on any atom is 0.0724 e. The average Bonchev–Trinajstić information content (AvgIpc) is 2.34. The Hall–Kier alpha value is -1.15. The van der Waals surface area contributed by atoms with E-state index < -0.39 is 0 Å². The maximum absolute atomic E-state index is 6.29. The van der Waals surface area contributed by atoms with Crippen LogP contribution < -0.4 is 0 Å². The summed E-state index contributed by atoms with van der Waals surface area (Å²) in [4.78, 5) is 0. The van der Waals surface area contributed by atoms with Crippen LogP contribution >= 0.6 is 11.6 Å². The standard InChI is InChI=1S/C14H17ClN2/c1-3-6-11(15)9-14-13-8-5-4-7-12(13)10(2)16-17-14/h4-5,7-8,11H,3,6,9H2,1-2H3. The number of benzene rings is 1. The van der Waals surface area contributed by atoms with Crippen LogP contribution in [0.25, 0.3) is 10.8 Å². The van der Waals surface area contributed by atoms with Crippen LogP contribution in [0, 0.1) is 6.92 Å². The van der Waals surface area contributed by atoms with Gasteiger partial charge in [0.25, 0.3) is 0 Å². The molecule has 3 heteroatoms. The lowest BCUT2D eigenvalue weighted by Crippen LogP contribution is -2.07. The van der Waals surface area contributed by atoms with Crippen LogP contribution in [0.5, 0.6) is 0 Å². The molecule has 0 aliphatic rings. The summed E-state index contributed by atoms with van der Waals surface area (Å²) >= 11 is 6.29. The molecule has 90 valence electrons. The Bertz CT molecular complexity index is 511. The first-order chi connectivity index (χ1) is 8.22. The van der Waals surface area contributed by atoms with E-state index >= 15 is 0 Å². The first-order valence-corrected chi connectivity index (χ1v) is 6.51. The molecule has 0 N–H and O–H groups in total. The number of halogens is 1. The molecule has 0 bridgehead atoms. The Balaban J connectivity index is 2.38. The third-order valence-electron chi connectivity index (χ3n) is 2.97. The van der Waals surface area contributed by atoms with E-state index in [2.05, 4.69) is 29.3 Å². The highest BCUT2D eigenvalue weighted by atomic mass is 35.5. The summed E-state index contributed by atoms with van der Waals surface area (Å²) in [5.41, 5.74) is 1.99. The summed E-state index contributed by atoms with van der Waals surface area (Å²) in [6.07, 6.45) is 2.92. The molecule has 2 aromatic rings. The van der Waals surface area contributed by atoms with Crippen LogP contribution in [0.3, 0.4) is 0 Å². The van der Waals surface area contributed by atoms with Gasteiger partial charge >= 0.3 is 0 Å². The van der Waals surface area contributed by atoms with Gasteiger partial charge in [-0.2, -0.15) is 10.2 Å². The molecule has 1 aromatic carbocycles. The number of aryl methyl sites for hydroxylation is 1. The SMILES string of the molecule is CCCC(Cl)Cc1nnc(C)c2ccccc12. The fraction of sp³-hybridized carbons (Fsp3) is 0.429. The van der Waals surface area contributed by atoms with Crippen molar-refractivity contribution < 1.29 is 0 Å². The van der Waals surface area contributed by atoms with Crippen LogP contribution in [0.15, 0.2) is 24.3 Å². The highest BCUT2D eigenvalue weighted by molar-refractivity contribution is 6.20. The van der Waals surface area contributed by atoms with E-state index in [0.29, 0.717) is 0 Å². The fourth-order valence-corrected chi connectivity index (χ4v) is 2.43. The molecule has 2 nitrogen and oxygen atoms in total. The minimum absolute atomic E-state index is 0.153. The Morgan fingerprint density at radius 2 is 1.88 bits per heavy atom. The zero-order valence-corrected chi connectivity index (χ0v) is 11.0. The largest absolute Gasteiger partial charge is 0.155 e. The van der Waals surface area contributed by atoms with E-state index in [-0.39, 0.29) is 5.38 Å². The summed E-state index contributed by atoms with van der Waals surface area (Å²) in [5.74, 6) is 0. The Morgan fingerprint density at radius 3 is 2.59 bits per heavy atom. The molecule has 0 spiro atoms. The molecular formula is C14H17ClN2. The quantitative estimate of drug-likeness (QED) is 0.768. The predicted octanol–water partition coefficient (Wildman–Crippen LogP) is 3.89. The van der Waals surface area contributed by atoms with Crippen molar-refractivity contribution in [2.24, 2.45) is 0 Å². The number of hydrogen-bond acceptors (Lipinski definition) is 2. The van der Waals surface area contributed by atoms with E-state index in [1.54, 1.807) is 0 Å². The van der Waals surface area contributed by atoms with Crippen LogP contribution in [0.1, 0.15) is 31.2 Å². The summed E-state index contributed by atoms with van der Waals surface area (Å²) in [5, 5.41) is 11.0. The molecule has 0 aliphatic heterocycles. The summed E-state index contributed by atoms with van der Waals surface area (Å²) in [6, 6.07) is 8.26. The first-order valence-electron chi connectivity index (χ1n) is 6.07. The lowest BCUT2D eigenvalue weighted by Gasteiger charge is -2.10. The third kappa shape index (κ3) is 2.75. The normalized spacial score (nSPS) is 12.9. The first kappa shape index (κ1) is 12.3. The minimum Gasteiger partial charge on any atom is -0.155 e. The maximum atomic E-state index is 6.29.